The highest BCUT2D eigenvalue weighted by molar-refractivity contribution is 5.97. The van der Waals surface area contributed by atoms with E-state index in [-0.39, 0.29) is 45.0 Å². The van der Waals surface area contributed by atoms with E-state index in [1.807, 2.05) is 149 Å². The smallest absolute Gasteiger partial charge is 0.421 e. The Morgan fingerprint density at radius 3 is 1.67 bits per heavy atom. The van der Waals surface area contributed by atoms with Crippen molar-refractivity contribution in [3.8, 4) is 0 Å². The lowest BCUT2D eigenvalue weighted by Crippen LogP contribution is -2.76. The minimum absolute atomic E-state index is 0. The number of ether oxygens (including phenoxy) is 2. The number of rotatable bonds is 19. The predicted octanol–water partition coefficient (Wildman–Crippen LogP) is 8.97. The second-order valence-electron chi connectivity index (χ2n) is 14.5. The van der Waals surface area contributed by atoms with E-state index in [1.54, 1.807) is 4.90 Å². The molecular weight excluding hydrogens is 691 g/mol. The van der Waals surface area contributed by atoms with Crippen LogP contribution in [0.3, 0.4) is 0 Å². The molecule has 2 amide bonds. The van der Waals surface area contributed by atoms with Crippen molar-refractivity contribution in [2.24, 2.45) is 5.92 Å². The van der Waals surface area contributed by atoms with E-state index in [2.05, 4.69) is 0 Å². The fourth-order valence-electron chi connectivity index (χ4n) is 8.37. The predicted molar refractivity (Wildman–Crippen MR) is 216 cm³/mol. The Bertz CT molecular complexity index is 1750. The molecule has 4 aromatic rings. The highest BCUT2D eigenvalue weighted by atomic mass is 16.5. The van der Waals surface area contributed by atoms with E-state index in [4.69, 9.17) is 9.47 Å². The fraction of sp³-hybridized carbons (Fsp3) is 0.413. The van der Waals surface area contributed by atoms with Crippen molar-refractivity contribution >= 4 is 18.0 Å². The van der Waals surface area contributed by atoms with Crippen molar-refractivity contribution in [2.75, 3.05) is 19.8 Å². The number of esters is 2. The summed E-state index contributed by atoms with van der Waals surface area (Å²) in [5.74, 6) is -2.49. The zero-order valence-electron chi connectivity index (χ0n) is 33.1. The van der Waals surface area contributed by atoms with Gasteiger partial charge in [0.1, 0.15) is 12.1 Å². The first-order chi connectivity index (χ1) is 26.2. The number of aliphatic hydroxyl groups is 1. The molecule has 4 atom stereocenters. The lowest BCUT2D eigenvalue weighted by atomic mass is 9.63. The highest BCUT2D eigenvalue weighted by Gasteiger charge is 2.81. The van der Waals surface area contributed by atoms with Gasteiger partial charge in [0.05, 0.1) is 32.2 Å². The summed E-state index contributed by atoms with van der Waals surface area (Å²) in [4.78, 5) is 48.4. The lowest BCUT2D eigenvalue weighted by Gasteiger charge is -2.51. The third kappa shape index (κ3) is 8.39. The second-order valence-corrected chi connectivity index (χ2v) is 14.5. The summed E-state index contributed by atoms with van der Waals surface area (Å²) < 4.78 is 12.0. The van der Waals surface area contributed by atoms with Crippen LogP contribution in [0.4, 0.5) is 4.79 Å². The summed E-state index contributed by atoms with van der Waals surface area (Å²) in [5.41, 5.74) is -1.18. The molecule has 294 valence electrons. The van der Waals surface area contributed by atoms with Crippen molar-refractivity contribution in [1.82, 2.24) is 11.1 Å². The van der Waals surface area contributed by atoms with Gasteiger partial charge < -0.3 is 20.7 Å². The number of carbonyl (C=O) groups is 3. The molecule has 9 nitrogen and oxygen atoms in total. The molecule has 1 aliphatic heterocycles. The summed E-state index contributed by atoms with van der Waals surface area (Å²) in [5, 5.41) is 13.7. The van der Waals surface area contributed by atoms with Crippen molar-refractivity contribution in [1.29, 1.82) is 0 Å². The van der Waals surface area contributed by atoms with Gasteiger partial charge in [-0.1, -0.05) is 168 Å². The van der Waals surface area contributed by atoms with Crippen LogP contribution in [0.2, 0.25) is 0 Å². The number of quaternary nitrogens is 1. The molecule has 9 heteroatoms. The van der Waals surface area contributed by atoms with Crippen LogP contribution >= 0.6 is 0 Å². The summed E-state index contributed by atoms with van der Waals surface area (Å²) >= 11 is 0. The molecule has 5 rings (SSSR count). The third-order valence-corrected chi connectivity index (χ3v) is 11.2. The van der Waals surface area contributed by atoms with Gasteiger partial charge in [0.25, 0.3) is 0 Å². The number of hydrogen-bond acceptors (Lipinski definition) is 7. The van der Waals surface area contributed by atoms with Crippen molar-refractivity contribution in [2.45, 2.75) is 96.5 Å². The number of hydrogen-bond donors (Lipinski definition) is 2. The zero-order valence-corrected chi connectivity index (χ0v) is 33.1. The van der Waals surface area contributed by atoms with Gasteiger partial charge >= 0.3 is 18.0 Å². The minimum atomic E-state index is -1.99. The average Bonchev–Trinajstić information content (AvgIpc) is 3.41. The van der Waals surface area contributed by atoms with Gasteiger partial charge in [0.2, 0.25) is 11.6 Å². The molecule has 1 aliphatic rings. The standard InChI is InChI=1S/C46H57N2O6.H3N/c1-5-8-31-48(35-38-25-17-12-18-26-38)44(51)47(34-37-23-15-11-16-24-37)41(42(49)53-32-9-6-2)45(48,43(50)54-33-10-7-3)36(4)46(52,39-27-19-13-20-28-39)40-29-21-14-22-30-40;/h11-30,36,41,52H,5-10,31-35H2,1-4H3;1H3/q+1;/t36-,41+,45+,48?;/m0./s1. The maximum Gasteiger partial charge on any atom is 0.421 e. The van der Waals surface area contributed by atoms with Crippen LogP contribution in [0, 0.1) is 5.92 Å². The maximum absolute atomic E-state index is 15.9. The fourth-order valence-corrected chi connectivity index (χ4v) is 8.37. The first kappa shape index (κ1) is 42.9. The first-order valence-corrected chi connectivity index (χ1v) is 19.7. The molecule has 4 N–H and O–H groups in total. The van der Waals surface area contributed by atoms with Gasteiger partial charge in [-0.3, -0.25) is 4.90 Å². The normalized spacial score (nSPS) is 20.1. The van der Waals surface area contributed by atoms with E-state index in [0.717, 1.165) is 30.4 Å². The largest absolute Gasteiger partial charge is 0.464 e. The van der Waals surface area contributed by atoms with Gasteiger partial charge in [-0.05, 0) is 36.0 Å². The number of carbonyl (C=O) groups excluding carboxylic acids is 3. The molecule has 0 aliphatic carbocycles. The Morgan fingerprint density at radius 1 is 0.727 bits per heavy atom. The van der Waals surface area contributed by atoms with Crippen LogP contribution in [0.25, 0.3) is 0 Å². The van der Waals surface area contributed by atoms with E-state index in [0.29, 0.717) is 30.4 Å². The van der Waals surface area contributed by atoms with E-state index in [9.17, 15) is 5.11 Å². The van der Waals surface area contributed by atoms with Crippen molar-refractivity contribution in [3.63, 3.8) is 0 Å². The minimum Gasteiger partial charge on any atom is -0.464 e. The van der Waals surface area contributed by atoms with Crippen molar-refractivity contribution in [3.05, 3.63) is 144 Å². The molecule has 0 saturated carbocycles. The molecular formula is C46H60N3O6+. The van der Waals surface area contributed by atoms with Crippen LogP contribution in [-0.4, -0.2) is 63.8 Å². The van der Waals surface area contributed by atoms with Crippen LogP contribution in [0.15, 0.2) is 121 Å². The topological polar surface area (TPSA) is 128 Å². The van der Waals surface area contributed by atoms with Crippen molar-refractivity contribution < 1.29 is 33.4 Å². The molecule has 55 heavy (non-hydrogen) atoms. The average molecular weight is 751 g/mol. The van der Waals surface area contributed by atoms with Gasteiger partial charge in [0, 0.05) is 5.56 Å². The summed E-state index contributed by atoms with van der Waals surface area (Å²) in [7, 11) is 0. The molecule has 0 radical (unpaired) electrons. The van der Waals surface area contributed by atoms with E-state index in [1.165, 1.54) is 0 Å². The Balaban J connectivity index is 0.00000673. The van der Waals surface area contributed by atoms with Gasteiger partial charge in [-0.2, -0.15) is 0 Å². The Kier molecular flexibility index (Phi) is 15.3. The monoisotopic (exact) mass is 750 g/mol. The number of amides is 2. The van der Waals surface area contributed by atoms with Gasteiger partial charge in [-0.25, -0.2) is 18.9 Å². The Labute approximate surface area is 327 Å². The van der Waals surface area contributed by atoms with E-state index < -0.39 is 39.5 Å². The molecule has 0 aromatic heterocycles. The van der Waals surface area contributed by atoms with Crippen LogP contribution in [0.1, 0.15) is 88.5 Å². The Hall–Kier alpha value is -4.83. The number of unbranched alkanes of at least 4 members (excludes halogenated alkanes) is 3. The number of urea groups is 1. The highest BCUT2D eigenvalue weighted by Crippen LogP contribution is 2.55. The molecule has 1 saturated heterocycles. The quantitative estimate of drug-likeness (QED) is 0.0556. The van der Waals surface area contributed by atoms with Crippen LogP contribution < -0.4 is 6.15 Å². The second kappa shape index (κ2) is 19.7. The third-order valence-electron chi connectivity index (χ3n) is 11.2. The maximum atomic E-state index is 15.9. The molecule has 4 aromatic carbocycles. The summed E-state index contributed by atoms with van der Waals surface area (Å²) in [6.07, 6.45) is 4.07. The molecule has 0 bridgehead atoms. The van der Waals surface area contributed by atoms with Crippen LogP contribution in [-0.2, 0) is 37.8 Å². The number of benzene rings is 4. The Morgan fingerprint density at radius 2 is 1.18 bits per heavy atom. The molecule has 1 unspecified atom stereocenters. The van der Waals surface area contributed by atoms with Crippen LogP contribution in [0.5, 0.6) is 0 Å². The number of nitrogens with zero attached hydrogens (tertiary/aromatic N) is 2. The van der Waals surface area contributed by atoms with Gasteiger partial charge in [0.15, 0.2) is 0 Å². The molecule has 1 fully saturated rings. The summed E-state index contributed by atoms with van der Waals surface area (Å²) in [6, 6.07) is 35.9. The SMILES string of the molecule is CCCCOC(=O)[C@H]1N(Cc2ccccc2)C(=O)[N+](CCCC)(Cc2ccccc2)[C@]1(C(=O)OCCCC)[C@H](C)C(O)(c1ccccc1)c1ccccc1.N. The molecule has 1 heterocycles. The van der Waals surface area contributed by atoms with E-state index >= 15 is 14.4 Å². The van der Waals surface area contributed by atoms with Gasteiger partial charge in [-0.15, -0.1) is 0 Å². The first-order valence-electron chi connectivity index (χ1n) is 19.7. The zero-order chi connectivity index (χ0) is 38.6. The summed E-state index contributed by atoms with van der Waals surface area (Å²) in [6.45, 7) is 8.49. The lowest BCUT2D eigenvalue weighted by molar-refractivity contribution is -0.903. The molecule has 0 spiro atoms.